The van der Waals surface area contributed by atoms with E-state index in [1.54, 1.807) is 7.11 Å². The van der Waals surface area contributed by atoms with Crippen LogP contribution in [-0.2, 0) is 38.0 Å². The molecule has 10 nitrogen and oxygen atoms in total. The zero-order valence-corrected chi connectivity index (χ0v) is 30.0. The highest BCUT2D eigenvalue weighted by Gasteiger charge is 2.50. The number of rotatable bonds is 4. The van der Waals surface area contributed by atoms with Crippen molar-refractivity contribution in [3.63, 3.8) is 0 Å². The molecular formula is C39H56O10. The number of aliphatic hydroxyl groups excluding tert-OH is 2. The molecule has 0 aromatic carbocycles. The maximum absolute atomic E-state index is 14.1. The highest BCUT2D eigenvalue weighted by Crippen LogP contribution is 2.44. The maximum atomic E-state index is 14.1. The van der Waals surface area contributed by atoms with Crippen LogP contribution in [0.4, 0.5) is 0 Å². The molecule has 15 atom stereocenters. The molecule has 2 N–H and O–H groups in total. The molecule has 10 heteroatoms. The summed E-state index contributed by atoms with van der Waals surface area (Å²) >= 11 is 0. The van der Waals surface area contributed by atoms with Crippen molar-refractivity contribution >= 4 is 5.97 Å². The van der Waals surface area contributed by atoms with Gasteiger partial charge in [-0.3, -0.25) is 4.79 Å². The Morgan fingerprint density at radius 1 is 1.02 bits per heavy atom. The number of hydrogen-bond donors (Lipinski definition) is 2. The molecule has 1 aliphatic carbocycles. The van der Waals surface area contributed by atoms with E-state index in [1.165, 1.54) is 0 Å². The first kappa shape index (κ1) is 36.6. The largest absolute Gasteiger partial charge is 0.462 e. The van der Waals surface area contributed by atoms with Crippen LogP contribution in [0.15, 0.2) is 59.3 Å². The van der Waals surface area contributed by atoms with Crippen molar-refractivity contribution in [2.24, 2.45) is 23.7 Å². The summed E-state index contributed by atoms with van der Waals surface area (Å²) in [4.78, 5) is 14.1. The molecule has 5 heterocycles. The van der Waals surface area contributed by atoms with E-state index in [-0.39, 0.29) is 42.0 Å². The summed E-state index contributed by atoms with van der Waals surface area (Å²) in [5.41, 5.74) is 2.67. The number of carbonyl (C=O) groups is 1. The molecule has 0 saturated carbocycles. The van der Waals surface area contributed by atoms with Crippen LogP contribution < -0.4 is 0 Å². The summed E-state index contributed by atoms with van der Waals surface area (Å²) in [5, 5.41) is 21.6. The predicted molar refractivity (Wildman–Crippen MR) is 182 cm³/mol. The molecule has 5 aliphatic heterocycles. The van der Waals surface area contributed by atoms with Crippen LogP contribution in [0.25, 0.3) is 0 Å². The Morgan fingerprint density at radius 3 is 2.57 bits per heavy atom. The Hall–Kier alpha value is -2.15. The van der Waals surface area contributed by atoms with Crippen molar-refractivity contribution in [2.45, 2.75) is 141 Å². The third-order valence-corrected chi connectivity index (χ3v) is 11.4. The lowest BCUT2D eigenvalue weighted by atomic mass is 9.75. The van der Waals surface area contributed by atoms with Crippen molar-refractivity contribution < 1.29 is 48.2 Å². The van der Waals surface area contributed by atoms with Crippen LogP contribution in [0.3, 0.4) is 0 Å². The molecule has 6 rings (SSSR count). The topological polar surface area (TPSA) is 122 Å². The van der Waals surface area contributed by atoms with Gasteiger partial charge in [0.1, 0.15) is 18.3 Å². The lowest BCUT2D eigenvalue weighted by Crippen LogP contribution is -2.52. The second-order valence-electron chi connectivity index (χ2n) is 15.0. The van der Waals surface area contributed by atoms with Crippen LogP contribution in [0.5, 0.6) is 0 Å². The molecule has 49 heavy (non-hydrogen) atoms. The third-order valence-electron chi connectivity index (χ3n) is 11.4. The summed E-state index contributed by atoms with van der Waals surface area (Å²) in [6.07, 6.45) is 12.5. The average Bonchev–Trinajstić information content (AvgIpc) is 3.50. The minimum Gasteiger partial charge on any atom is -0.462 e. The van der Waals surface area contributed by atoms with Crippen molar-refractivity contribution in [3.8, 4) is 0 Å². The maximum Gasteiger partial charge on any atom is 0.313 e. The third kappa shape index (κ3) is 7.72. The van der Waals surface area contributed by atoms with Gasteiger partial charge in [-0.15, -0.1) is 0 Å². The molecule has 6 aliphatic rings. The standard InChI is InChI=1S/C39H56O10/c1-8-30-21(2)14-15-39(49-30)19-28-17-27(48-39)13-12-23(4)36(47-32-18-31(43-7)35(41)25(6)45-32)22(3)10-9-11-26-20-44-37-33(26)29(38(42)46-28)16-24(5)34(37)40/h9-12,14-16,21-22,25,27-37,40-41H,8,13,17-20H2,1-7H3/b10-9+,23-12+,26-11+/t21-,22-,25-,27+,28-,29+,30?,31-,32-,33?,34+,35-,36-,37-,39+/m0/s1. The number of ether oxygens (including phenoxy) is 7. The van der Waals surface area contributed by atoms with Gasteiger partial charge in [-0.25, -0.2) is 0 Å². The number of fused-ring (bicyclic) bond motifs is 2. The van der Waals surface area contributed by atoms with Crippen LogP contribution in [-0.4, -0.2) is 96.9 Å². The number of esters is 1. The van der Waals surface area contributed by atoms with Crippen molar-refractivity contribution in [1.82, 2.24) is 0 Å². The molecule has 3 fully saturated rings. The normalized spacial score (nSPS) is 48.8. The zero-order valence-electron chi connectivity index (χ0n) is 30.0. The second kappa shape index (κ2) is 15.2. The summed E-state index contributed by atoms with van der Waals surface area (Å²) < 4.78 is 44.3. The van der Waals surface area contributed by atoms with Gasteiger partial charge >= 0.3 is 5.97 Å². The Morgan fingerprint density at radius 2 is 1.82 bits per heavy atom. The van der Waals surface area contributed by atoms with Crippen LogP contribution in [0.2, 0.25) is 0 Å². The van der Waals surface area contributed by atoms with Crippen LogP contribution in [0, 0.1) is 23.7 Å². The van der Waals surface area contributed by atoms with Crippen LogP contribution >= 0.6 is 0 Å². The van der Waals surface area contributed by atoms with Gasteiger partial charge in [-0.2, -0.15) is 0 Å². The van der Waals surface area contributed by atoms with Crippen LogP contribution in [0.1, 0.15) is 73.6 Å². The lowest BCUT2D eigenvalue weighted by molar-refractivity contribution is -0.294. The van der Waals surface area contributed by atoms with Gasteiger partial charge in [0.2, 0.25) is 0 Å². The van der Waals surface area contributed by atoms with E-state index >= 15 is 0 Å². The van der Waals surface area contributed by atoms with E-state index in [0.717, 1.165) is 17.6 Å². The van der Waals surface area contributed by atoms with Gasteiger partial charge in [0.05, 0.1) is 49.1 Å². The fraction of sp³-hybridized carbons (Fsp3) is 0.718. The first-order valence-electron chi connectivity index (χ1n) is 18.2. The van der Waals surface area contributed by atoms with Gasteiger partial charge in [-0.1, -0.05) is 57.2 Å². The summed E-state index contributed by atoms with van der Waals surface area (Å²) in [6, 6.07) is 0. The van der Waals surface area contributed by atoms with E-state index in [1.807, 2.05) is 38.2 Å². The number of aliphatic hydroxyl groups is 2. The van der Waals surface area contributed by atoms with E-state index < -0.39 is 54.6 Å². The van der Waals surface area contributed by atoms with Gasteiger partial charge in [0.25, 0.3) is 0 Å². The molecule has 0 amide bonds. The molecule has 2 unspecified atom stereocenters. The van der Waals surface area contributed by atoms with E-state index in [0.29, 0.717) is 37.9 Å². The second-order valence-corrected chi connectivity index (χ2v) is 15.0. The molecule has 1 spiro atoms. The first-order valence-corrected chi connectivity index (χ1v) is 18.2. The Balaban J connectivity index is 1.36. The van der Waals surface area contributed by atoms with E-state index in [2.05, 4.69) is 45.9 Å². The highest BCUT2D eigenvalue weighted by molar-refractivity contribution is 5.76. The summed E-state index contributed by atoms with van der Waals surface area (Å²) in [6.45, 7) is 12.4. The van der Waals surface area contributed by atoms with E-state index in [9.17, 15) is 15.0 Å². The number of allylic oxidation sites excluding steroid dienone is 2. The van der Waals surface area contributed by atoms with Gasteiger partial charge < -0.3 is 43.4 Å². The van der Waals surface area contributed by atoms with Crippen molar-refractivity contribution in [3.05, 3.63) is 59.3 Å². The SMILES string of the molecule is CCC1O[C@]2(C=C[C@@H]1C)C[C@@H]1C[C@@H](C/C=C(\C)[C@@H](O[C@H]3C[C@H](OC)[C@@H](O)[C@H](C)O3)[C@@H](C)/C=C/C=C3\CO[C@H]4C3[C@@H](C=C(C)[C@H]4O)C(=O)O1)O2. The summed E-state index contributed by atoms with van der Waals surface area (Å²) in [7, 11) is 1.60. The molecule has 3 saturated heterocycles. The van der Waals surface area contributed by atoms with E-state index in [4.69, 9.17) is 33.2 Å². The number of methoxy groups -OCH3 is 1. The summed E-state index contributed by atoms with van der Waals surface area (Å²) in [5.74, 6) is -2.06. The van der Waals surface area contributed by atoms with Gasteiger partial charge in [0, 0.05) is 44.1 Å². The number of hydrogen-bond acceptors (Lipinski definition) is 10. The lowest BCUT2D eigenvalue weighted by Gasteiger charge is -2.47. The fourth-order valence-corrected chi connectivity index (χ4v) is 8.49. The fourth-order valence-electron chi connectivity index (χ4n) is 8.49. The van der Waals surface area contributed by atoms with Gasteiger partial charge in [0.15, 0.2) is 12.1 Å². The minimum atomic E-state index is -0.999. The van der Waals surface area contributed by atoms with Crippen molar-refractivity contribution in [2.75, 3.05) is 13.7 Å². The molecule has 272 valence electrons. The first-order chi connectivity index (χ1) is 23.4. The molecule has 2 bridgehead atoms. The average molecular weight is 685 g/mol. The monoisotopic (exact) mass is 684 g/mol. The Kier molecular flexibility index (Phi) is 11.4. The van der Waals surface area contributed by atoms with Gasteiger partial charge in [-0.05, 0) is 56.4 Å². The highest BCUT2D eigenvalue weighted by atomic mass is 16.7. The molecular weight excluding hydrogens is 628 g/mol. The number of carbonyl (C=O) groups excluding carboxylic acids is 1. The molecule has 0 radical (unpaired) electrons. The van der Waals surface area contributed by atoms with Crippen molar-refractivity contribution in [1.29, 1.82) is 0 Å². The Bertz CT molecular complexity index is 1350. The predicted octanol–water partition coefficient (Wildman–Crippen LogP) is 5.09. The quantitative estimate of drug-likeness (QED) is 0.306. The molecule has 0 aromatic heterocycles. The zero-order chi connectivity index (χ0) is 35.0. The Labute approximate surface area is 291 Å². The molecule has 0 aromatic rings. The minimum absolute atomic E-state index is 0.0116. The smallest absolute Gasteiger partial charge is 0.313 e.